The fourth-order valence-electron chi connectivity index (χ4n) is 1.76. The summed E-state index contributed by atoms with van der Waals surface area (Å²) in [6, 6.07) is 6.18. The van der Waals surface area contributed by atoms with Crippen LogP contribution in [-0.2, 0) is 14.4 Å². The molecular weight excluding hydrogens is 262 g/mol. The number of amides is 1. The highest BCUT2D eigenvalue weighted by Gasteiger charge is 2.35. The molecule has 0 aliphatic carbocycles. The molecule has 1 aromatic rings. The van der Waals surface area contributed by atoms with Crippen LogP contribution in [0.5, 0.6) is 0 Å². The summed E-state index contributed by atoms with van der Waals surface area (Å²) >= 11 is 0. The Morgan fingerprint density at radius 3 is 2.15 bits per heavy atom. The summed E-state index contributed by atoms with van der Waals surface area (Å²) in [5, 5.41) is 20.5. The Kier molecular flexibility index (Phi) is 5.30. The molecule has 20 heavy (non-hydrogen) atoms. The van der Waals surface area contributed by atoms with Gasteiger partial charge in [0.1, 0.15) is 0 Å². The molecule has 1 amide bonds. The van der Waals surface area contributed by atoms with Gasteiger partial charge in [-0.2, -0.15) is 0 Å². The number of nitrogens with one attached hydrogen (secondary N) is 1. The fourth-order valence-corrected chi connectivity index (χ4v) is 1.76. The number of carbonyl (C=O) groups is 3. The molecule has 0 aromatic heterocycles. The van der Waals surface area contributed by atoms with Crippen molar-refractivity contribution in [2.45, 2.75) is 12.8 Å². The zero-order chi connectivity index (χ0) is 15.1. The van der Waals surface area contributed by atoms with Crippen molar-refractivity contribution < 1.29 is 24.6 Å². The summed E-state index contributed by atoms with van der Waals surface area (Å²) in [6.07, 6.45) is 0.510. The molecule has 3 N–H and O–H groups in total. The van der Waals surface area contributed by atoms with Gasteiger partial charge in [-0.1, -0.05) is 18.1 Å². The predicted molar refractivity (Wildman–Crippen MR) is 71.1 cm³/mol. The molecule has 0 spiro atoms. The number of carboxylic acids is 2. The first kappa shape index (κ1) is 15.2. The minimum Gasteiger partial charge on any atom is -0.481 e. The highest BCUT2D eigenvalue weighted by molar-refractivity contribution is 5.94. The van der Waals surface area contributed by atoms with Crippen LogP contribution in [0.25, 0.3) is 0 Å². The van der Waals surface area contributed by atoms with Crippen LogP contribution < -0.4 is 5.32 Å². The topological polar surface area (TPSA) is 104 Å². The molecule has 1 unspecified atom stereocenters. The van der Waals surface area contributed by atoms with Gasteiger partial charge >= 0.3 is 11.9 Å². The maximum Gasteiger partial charge on any atom is 0.319 e. The smallest absolute Gasteiger partial charge is 0.319 e. The lowest BCUT2D eigenvalue weighted by atomic mass is 9.86. The van der Waals surface area contributed by atoms with Crippen LogP contribution in [0, 0.1) is 17.8 Å². The third kappa shape index (κ3) is 3.59. The molecule has 0 radical (unpaired) electrons. The summed E-state index contributed by atoms with van der Waals surface area (Å²) < 4.78 is 0. The minimum atomic E-state index is -1.65. The second-order valence-electron chi connectivity index (χ2n) is 3.91. The van der Waals surface area contributed by atoms with E-state index in [1.807, 2.05) is 0 Å². The van der Waals surface area contributed by atoms with E-state index in [0.29, 0.717) is 17.7 Å². The van der Waals surface area contributed by atoms with Gasteiger partial charge < -0.3 is 15.5 Å². The number of carboxylic acid groups (broad SMARTS) is 2. The lowest BCUT2D eigenvalue weighted by molar-refractivity contribution is -0.154. The average Bonchev–Trinajstić information content (AvgIpc) is 2.38. The van der Waals surface area contributed by atoms with Gasteiger partial charge in [-0.25, -0.2) is 0 Å². The first-order chi connectivity index (χ1) is 9.51. The van der Waals surface area contributed by atoms with Crippen molar-refractivity contribution in [3.8, 4) is 11.8 Å². The van der Waals surface area contributed by atoms with E-state index in [0.717, 1.165) is 0 Å². The van der Waals surface area contributed by atoms with Crippen molar-refractivity contribution >= 4 is 24.0 Å². The first-order valence-corrected chi connectivity index (χ1v) is 5.69. The molecular formula is C14H13NO5. The van der Waals surface area contributed by atoms with Gasteiger partial charge in [-0.05, 0) is 24.6 Å². The molecule has 1 aromatic carbocycles. The Morgan fingerprint density at radius 2 is 1.75 bits per heavy atom. The van der Waals surface area contributed by atoms with Gasteiger partial charge in [0.25, 0.3) is 0 Å². The Balaban J connectivity index is 3.17. The van der Waals surface area contributed by atoms with Gasteiger partial charge in [-0.3, -0.25) is 14.4 Å². The van der Waals surface area contributed by atoms with Crippen LogP contribution in [-0.4, -0.2) is 28.6 Å². The van der Waals surface area contributed by atoms with Crippen LogP contribution in [0.3, 0.4) is 0 Å². The van der Waals surface area contributed by atoms with Crippen molar-refractivity contribution in [1.82, 2.24) is 0 Å². The van der Waals surface area contributed by atoms with E-state index in [9.17, 15) is 14.4 Å². The largest absolute Gasteiger partial charge is 0.481 e. The predicted octanol–water partition coefficient (Wildman–Crippen LogP) is 1.15. The fraction of sp³-hybridized carbons (Fsp3) is 0.214. The number of hydrogen-bond acceptors (Lipinski definition) is 3. The van der Waals surface area contributed by atoms with E-state index in [1.54, 1.807) is 24.3 Å². The molecule has 1 rings (SSSR count). The molecule has 104 valence electrons. The molecule has 0 saturated carbocycles. The Labute approximate surface area is 115 Å². The van der Waals surface area contributed by atoms with Crippen LogP contribution >= 0.6 is 0 Å². The second kappa shape index (κ2) is 6.95. The summed E-state index contributed by atoms with van der Waals surface area (Å²) in [4.78, 5) is 32.5. The monoisotopic (exact) mass is 275 g/mol. The number of benzene rings is 1. The van der Waals surface area contributed by atoms with E-state index in [-0.39, 0.29) is 0 Å². The van der Waals surface area contributed by atoms with E-state index in [2.05, 4.69) is 17.2 Å². The number of carbonyl (C=O) groups excluding carboxylic acids is 1. The maximum atomic E-state index is 11.1. The quantitative estimate of drug-likeness (QED) is 0.410. The molecule has 6 heteroatoms. The van der Waals surface area contributed by atoms with E-state index in [4.69, 9.17) is 10.2 Å². The van der Waals surface area contributed by atoms with Crippen LogP contribution in [0.2, 0.25) is 0 Å². The van der Waals surface area contributed by atoms with Crippen LogP contribution in [0.4, 0.5) is 5.69 Å². The molecule has 1 atom stereocenters. The van der Waals surface area contributed by atoms with Crippen LogP contribution in [0.15, 0.2) is 24.3 Å². The Bertz CT molecular complexity index is 553. The number of rotatable bonds is 6. The van der Waals surface area contributed by atoms with Gasteiger partial charge in [0.05, 0.1) is 5.92 Å². The zero-order valence-corrected chi connectivity index (χ0v) is 10.7. The Hall–Kier alpha value is -2.81. The molecule has 0 saturated heterocycles. The molecule has 0 aliphatic heterocycles. The van der Waals surface area contributed by atoms with E-state index in [1.165, 1.54) is 6.92 Å². The van der Waals surface area contributed by atoms with Crippen molar-refractivity contribution in [1.29, 1.82) is 0 Å². The molecule has 0 aliphatic rings. The van der Waals surface area contributed by atoms with Gasteiger partial charge in [0.2, 0.25) is 6.41 Å². The third-order valence-electron chi connectivity index (χ3n) is 2.66. The minimum absolute atomic E-state index is 0.464. The van der Waals surface area contributed by atoms with Gasteiger partial charge in [0, 0.05) is 5.69 Å². The summed E-state index contributed by atoms with van der Waals surface area (Å²) in [5.41, 5.74) is 0.986. The summed E-state index contributed by atoms with van der Waals surface area (Å²) in [7, 11) is 0. The zero-order valence-electron chi connectivity index (χ0n) is 10.7. The SMILES string of the molecule is CC#CC(c1ccc(NC=O)cc1)C(C(=O)O)C(=O)O. The van der Waals surface area contributed by atoms with Crippen molar-refractivity contribution in [3.63, 3.8) is 0 Å². The standard InChI is InChI=1S/C14H13NO5/c1-2-3-11(12(13(17)18)14(19)20)9-4-6-10(7-5-9)15-8-16/h4-8,11-12H,1H3,(H,15,16)(H,17,18)(H,19,20). The third-order valence-corrected chi connectivity index (χ3v) is 2.66. The van der Waals surface area contributed by atoms with Crippen LogP contribution in [0.1, 0.15) is 18.4 Å². The van der Waals surface area contributed by atoms with Crippen molar-refractivity contribution in [2.24, 2.45) is 5.92 Å². The number of anilines is 1. The lowest BCUT2D eigenvalue weighted by Gasteiger charge is -2.16. The maximum absolute atomic E-state index is 11.1. The number of aliphatic carboxylic acids is 2. The molecule has 0 heterocycles. The second-order valence-corrected chi connectivity index (χ2v) is 3.91. The summed E-state index contributed by atoms with van der Waals surface area (Å²) in [6.45, 7) is 1.51. The van der Waals surface area contributed by atoms with E-state index >= 15 is 0 Å². The lowest BCUT2D eigenvalue weighted by Crippen LogP contribution is -2.29. The van der Waals surface area contributed by atoms with Crippen molar-refractivity contribution in [2.75, 3.05) is 5.32 Å². The van der Waals surface area contributed by atoms with E-state index < -0.39 is 23.8 Å². The highest BCUT2D eigenvalue weighted by Crippen LogP contribution is 2.26. The van der Waals surface area contributed by atoms with Gasteiger partial charge in [0.15, 0.2) is 5.92 Å². The molecule has 0 bridgehead atoms. The average molecular weight is 275 g/mol. The normalized spacial score (nSPS) is 11.1. The van der Waals surface area contributed by atoms with Gasteiger partial charge in [-0.15, -0.1) is 5.92 Å². The summed E-state index contributed by atoms with van der Waals surface area (Å²) in [5.74, 6) is -0.333. The first-order valence-electron chi connectivity index (χ1n) is 5.69. The highest BCUT2D eigenvalue weighted by atomic mass is 16.4. The van der Waals surface area contributed by atoms with Crippen molar-refractivity contribution in [3.05, 3.63) is 29.8 Å². The Morgan fingerprint density at radius 1 is 1.20 bits per heavy atom. The molecule has 0 fully saturated rings. The number of hydrogen-bond donors (Lipinski definition) is 3. The molecule has 6 nitrogen and oxygen atoms in total.